The Morgan fingerprint density at radius 1 is 0.344 bits per heavy atom. The molecule has 0 amide bonds. The fourth-order valence-electron chi connectivity index (χ4n) is 9.14. The van der Waals surface area contributed by atoms with E-state index in [-0.39, 0.29) is 0 Å². The van der Waals surface area contributed by atoms with Gasteiger partial charge in [-0.3, -0.25) is 0 Å². The average Bonchev–Trinajstić information content (AvgIpc) is 3.89. The van der Waals surface area contributed by atoms with Crippen LogP contribution in [0.15, 0.2) is 229 Å². The van der Waals surface area contributed by atoms with Gasteiger partial charge in [0.05, 0.1) is 16.7 Å². The number of para-hydroxylation sites is 2. The van der Waals surface area contributed by atoms with E-state index in [9.17, 15) is 0 Å². The standard InChI is InChI=1S/C58H38N2O/c1-2-10-38(11-3-1)43-28-33-48(34-29-43)60-54-16-8-6-14-50(54)52-36-45(30-35-55(52)60)44-24-22-40(23-25-44)39-18-20-41(21-19-39)42-26-31-47(32-27-42)59-53-37-46-12-4-5-13-49(46)57-51-15-7-9-17-56(51)61-58(53)57/h1-37,59H. The van der Waals surface area contributed by atoms with Crippen LogP contribution in [-0.2, 0) is 0 Å². The van der Waals surface area contributed by atoms with Crippen molar-refractivity contribution in [3.05, 3.63) is 224 Å². The molecule has 0 aliphatic heterocycles. The molecule has 0 spiro atoms. The second-order valence-corrected chi connectivity index (χ2v) is 15.8. The number of rotatable bonds is 7. The molecule has 0 saturated carbocycles. The Morgan fingerprint density at radius 2 is 0.836 bits per heavy atom. The molecule has 2 heterocycles. The first-order valence-corrected chi connectivity index (χ1v) is 20.8. The summed E-state index contributed by atoms with van der Waals surface area (Å²) < 4.78 is 8.81. The fraction of sp³-hybridized carbons (Fsp3) is 0. The molecule has 0 bridgehead atoms. The molecule has 0 aliphatic rings. The maximum absolute atomic E-state index is 6.43. The second-order valence-electron chi connectivity index (χ2n) is 15.8. The Kier molecular flexibility index (Phi) is 8.17. The van der Waals surface area contributed by atoms with Crippen molar-refractivity contribution in [1.29, 1.82) is 0 Å². The first-order chi connectivity index (χ1) is 30.2. The molecule has 12 rings (SSSR count). The van der Waals surface area contributed by atoms with E-state index in [2.05, 4.69) is 222 Å². The van der Waals surface area contributed by atoms with E-state index in [1.165, 1.54) is 77.1 Å². The fourth-order valence-corrected chi connectivity index (χ4v) is 9.14. The number of aromatic nitrogens is 1. The SMILES string of the molecule is c1ccc(-c2ccc(-n3c4ccccc4c4cc(-c5ccc(-c6ccc(-c7ccc(Nc8cc9ccccc9c9c8oc8ccccc89)cc7)cc6)cc5)ccc43)cc2)cc1. The Balaban J connectivity index is 0.787. The molecule has 61 heavy (non-hydrogen) atoms. The van der Waals surface area contributed by atoms with E-state index in [1.54, 1.807) is 0 Å². The number of nitrogens with one attached hydrogen (secondary N) is 1. The summed E-state index contributed by atoms with van der Waals surface area (Å²) >= 11 is 0. The van der Waals surface area contributed by atoms with Gasteiger partial charge in [-0.25, -0.2) is 0 Å². The van der Waals surface area contributed by atoms with Gasteiger partial charge in [-0.15, -0.1) is 0 Å². The largest absolute Gasteiger partial charge is 0.454 e. The topological polar surface area (TPSA) is 30.1 Å². The third-order valence-corrected chi connectivity index (χ3v) is 12.2. The van der Waals surface area contributed by atoms with Crippen LogP contribution in [0, 0.1) is 0 Å². The summed E-state index contributed by atoms with van der Waals surface area (Å²) in [5, 5.41) is 10.8. The molecular weight excluding hydrogens is 741 g/mol. The van der Waals surface area contributed by atoms with Crippen LogP contribution in [0.4, 0.5) is 11.4 Å². The molecule has 0 aliphatic carbocycles. The number of furan rings is 1. The number of anilines is 2. The van der Waals surface area contributed by atoms with Crippen molar-refractivity contribution in [2.45, 2.75) is 0 Å². The normalized spacial score (nSPS) is 11.6. The van der Waals surface area contributed by atoms with Gasteiger partial charge in [0, 0.05) is 32.9 Å². The lowest BCUT2D eigenvalue weighted by molar-refractivity contribution is 0.670. The Bertz CT molecular complexity index is 3560. The Morgan fingerprint density at radius 3 is 1.52 bits per heavy atom. The van der Waals surface area contributed by atoms with Gasteiger partial charge in [0.1, 0.15) is 5.58 Å². The minimum absolute atomic E-state index is 0.874. The zero-order valence-electron chi connectivity index (χ0n) is 33.2. The van der Waals surface area contributed by atoms with Gasteiger partial charge < -0.3 is 14.3 Å². The minimum Gasteiger partial charge on any atom is -0.454 e. The van der Waals surface area contributed by atoms with Crippen LogP contribution in [0.5, 0.6) is 0 Å². The summed E-state index contributed by atoms with van der Waals surface area (Å²) in [6, 6.07) is 80.5. The summed E-state index contributed by atoms with van der Waals surface area (Å²) in [7, 11) is 0. The summed E-state index contributed by atoms with van der Waals surface area (Å²) in [6.45, 7) is 0. The van der Waals surface area contributed by atoms with Crippen LogP contribution in [0.3, 0.4) is 0 Å². The van der Waals surface area contributed by atoms with Gasteiger partial charge in [-0.1, -0.05) is 170 Å². The zero-order valence-corrected chi connectivity index (χ0v) is 33.2. The predicted octanol–water partition coefficient (Wildman–Crippen LogP) is 16.2. The molecule has 10 aromatic carbocycles. The molecule has 0 fully saturated rings. The molecule has 0 saturated heterocycles. The minimum atomic E-state index is 0.874. The van der Waals surface area contributed by atoms with Crippen molar-refractivity contribution in [2.75, 3.05) is 5.32 Å². The summed E-state index contributed by atoms with van der Waals surface area (Å²) in [5.74, 6) is 0. The number of nitrogens with zero attached hydrogens (tertiary/aromatic N) is 1. The van der Waals surface area contributed by atoms with Gasteiger partial charge >= 0.3 is 0 Å². The summed E-state index contributed by atoms with van der Waals surface area (Å²) in [4.78, 5) is 0. The molecular formula is C58H38N2O. The Labute approximate surface area is 353 Å². The van der Waals surface area contributed by atoms with Crippen molar-refractivity contribution in [2.24, 2.45) is 0 Å². The number of benzene rings is 10. The maximum Gasteiger partial charge on any atom is 0.159 e. The average molecular weight is 779 g/mol. The highest BCUT2D eigenvalue weighted by atomic mass is 16.3. The van der Waals surface area contributed by atoms with Gasteiger partial charge in [-0.05, 0) is 110 Å². The van der Waals surface area contributed by atoms with E-state index < -0.39 is 0 Å². The lowest BCUT2D eigenvalue weighted by Crippen LogP contribution is -1.93. The van der Waals surface area contributed by atoms with Crippen LogP contribution in [0.25, 0.3) is 105 Å². The van der Waals surface area contributed by atoms with Crippen molar-refractivity contribution in [3.63, 3.8) is 0 Å². The van der Waals surface area contributed by atoms with Gasteiger partial charge in [0.15, 0.2) is 5.58 Å². The molecule has 0 atom stereocenters. The molecule has 2 aromatic heterocycles. The van der Waals surface area contributed by atoms with Crippen molar-refractivity contribution >= 4 is 65.9 Å². The highest BCUT2D eigenvalue weighted by molar-refractivity contribution is 6.22. The van der Waals surface area contributed by atoms with Crippen molar-refractivity contribution in [3.8, 4) is 50.2 Å². The lowest BCUT2D eigenvalue weighted by atomic mass is 9.97. The first-order valence-electron chi connectivity index (χ1n) is 20.8. The highest BCUT2D eigenvalue weighted by Crippen LogP contribution is 2.41. The van der Waals surface area contributed by atoms with Crippen LogP contribution in [0.2, 0.25) is 0 Å². The van der Waals surface area contributed by atoms with Gasteiger partial charge in [0.2, 0.25) is 0 Å². The monoisotopic (exact) mass is 778 g/mol. The van der Waals surface area contributed by atoms with Gasteiger partial charge in [-0.2, -0.15) is 0 Å². The molecule has 1 N–H and O–H groups in total. The molecule has 3 heteroatoms. The smallest absolute Gasteiger partial charge is 0.159 e. The third kappa shape index (κ3) is 6.06. The van der Waals surface area contributed by atoms with Crippen LogP contribution >= 0.6 is 0 Å². The number of fused-ring (bicyclic) bond motifs is 8. The van der Waals surface area contributed by atoms with Gasteiger partial charge in [0.25, 0.3) is 0 Å². The predicted molar refractivity (Wildman–Crippen MR) is 257 cm³/mol. The number of hydrogen-bond acceptors (Lipinski definition) is 2. The summed E-state index contributed by atoms with van der Waals surface area (Å²) in [5.41, 5.74) is 16.9. The van der Waals surface area contributed by atoms with Crippen LogP contribution in [-0.4, -0.2) is 4.57 Å². The lowest BCUT2D eigenvalue weighted by Gasteiger charge is -2.11. The molecule has 0 radical (unpaired) electrons. The highest BCUT2D eigenvalue weighted by Gasteiger charge is 2.16. The quantitative estimate of drug-likeness (QED) is 0.175. The number of hydrogen-bond donors (Lipinski definition) is 1. The van der Waals surface area contributed by atoms with E-state index in [1.807, 2.05) is 12.1 Å². The van der Waals surface area contributed by atoms with E-state index in [4.69, 9.17) is 4.42 Å². The van der Waals surface area contributed by atoms with E-state index in [0.717, 1.165) is 39.0 Å². The van der Waals surface area contributed by atoms with Crippen LogP contribution < -0.4 is 5.32 Å². The van der Waals surface area contributed by atoms with Crippen molar-refractivity contribution in [1.82, 2.24) is 4.57 Å². The van der Waals surface area contributed by atoms with Crippen LogP contribution in [0.1, 0.15) is 0 Å². The Hall–Kier alpha value is -8.14. The summed E-state index contributed by atoms with van der Waals surface area (Å²) in [6.07, 6.45) is 0. The second kappa shape index (κ2) is 14.3. The zero-order chi connectivity index (χ0) is 40.3. The van der Waals surface area contributed by atoms with E-state index >= 15 is 0 Å². The molecule has 3 nitrogen and oxygen atoms in total. The molecule has 12 aromatic rings. The van der Waals surface area contributed by atoms with E-state index in [0.29, 0.717) is 0 Å². The van der Waals surface area contributed by atoms with Crippen molar-refractivity contribution < 1.29 is 4.42 Å². The molecule has 286 valence electrons. The maximum atomic E-state index is 6.43. The first kappa shape index (κ1) is 34.9. The molecule has 0 unspecified atom stereocenters. The third-order valence-electron chi connectivity index (χ3n) is 12.2.